The van der Waals surface area contributed by atoms with Crippen LogP contribution in [0.2, 0.25) is 0 Å². The summed E-state index contributed by atoms with van der Waals surface area (Å²) in [6.07, 6.45) is 1.13. The summed E-state index contributed by atoms with van der Waals surface area (Å²) in [5, 5.41) is 5.13. The zero-order valence-electron chi connectivity index (χ0n) is 14.0. The molecule has 0 heterocycles. The predicted octanol–water partition coefficient (Wildman–Crippen LogP) is 1.85. The molecule has 0 saturated heterocycles. The zero-order chi connectivity index (χ0) is 18.1. The van der Waals surface area contributed by atoms with E-state index in [2.05, 4.69) is 10.6 Å². The third kappa shape index (κ3) is 6.25. The zero-order valence-corrected chi connectivity index (χ0v) is 14.0. The van der Waals surface area contributed by atoms with Crippen molar-refractivity contribution in [2.24, 2.45) is 0 Å². The van der Waals surface area contributed by atoms with Crippen LogP contribution in [0.5, 0.6) is 5.75 Å². The first-order valence-corrected chi connectivity index (χ1v) is 8.02. The first-order valence-electron chi connectivity index (χ1n) is 8.02. The fourth-order valence-electron chi connectivity index (χ4n) is 2.28. The summed E-state index contributed by atoms with van der Waals surface area (Å²) in [6.45, 7) is 0.672. The lowest BCUT2D eigenvalue weighted by Gasteiger charge is -2.07. The number of benzene rings is 2. The molecule has 0 saturated carbocycles. The number of carbonyl (C=O) groups is 2. The quantitative estimate of drug-likeness (QED) is 0.754. The average Bonchev–Trinajstić information content (AvgIpc) is 2.63. The molecule has 2 aromatic carbocycles. The van der Waals surface area contributed by atoms with E-state index in [-0.39, 0.29) is 5.82 Å². The molecule has 6 heteroatoms. The lowest BCUT2D eigenvalue weighted by atomic mass is 10.1. The Morgan fingerprint density at radius 2 is 1.52 bits per heavy atom. The number of rotatable bonds is 7. The Kier molecular flexibility index (Phi) is 6.95. The second kappa shape index (κ2) is 9.42. The summed E-state index contributed by atoms with van der Waals surface area (Å²) in [4.78, 5) is 23.5. The molecule has 0 radical (unpaired) electrons. The minimum atomic E-state index is -0.673. The molecule has 2 aromatic rings. The maximum atomic E-state index is 12.8. The second-order valence-corrected chi connectivity index (χ2v) is 5.49. The van der Waals surface area contributed by atoms with Gasteiger partial charge < -0.3 is 15.4 Å². The van der Waals surface area contributed by atoms with Crippen LogP contribution in [0.3, 0.4) is 0 Å². The van der Waals surface area contributed by atoms with Crippen LogP contribution in [-0.4, -0.2) is 32.0 Å². The molecule has 0 aliphatic rings. The van der Waals surface area contributed by atoms with Crippen molar-refractivity contribution in [2.75, 3.05) is 20.2 Å². The van der Waals surface area contributed by atoms with E-state index in [4.69, 9.17) is 4.74 Å². The van der Waals surface area contributed by atoms with Crippen molar-refractivity contribution in [3.05, 3.63) is 65.5 Å². The van der Waals surface area contributed by atoms with Crippen LogP contribution in [0.25, 0.3) is 0 Å². The summed E-state index contributed by atoms with van der Waals surface area (Å²) >= 11 is 0. The molecular weight excluding hydrogens is 323 g/mol. The van der Waals surface area contributed by atoms with Crippen molar-refractivity contribution in [3.8, 4) is 5.75 Å². The van der Waals surface area contributed by atoms with E-state index in [1.54, 1.807) is 19.2 Å². The van der Waals surface area contributed by atoms with Crippen LogP contribution in [0.4, 0.5) is 4.39 Å². The van der Waals surface area contributed by atoms with E-state index in [9.17, 15) is 14.0 Å². The van der Waals surface area contributed by atoms with Crippen molar-refractivity contribution in [3.63, 3.8) is 0 Å². The third-order valence-corrected chi connectivity index (χ3v) is 3.65. The fraction of sp³-hybridized carbons (Fsp3) is 0.263. The van der Waals surface area contributed by atoms with Crippen molar-refractivity contribution >= 4 is 11.8 Å². The summed E-state index contributed by atoms with van der Waals surface area (Å²) in [5.41, 5.74) is 1.90. The van der Waals surface area contributed by atoms with Gasteiger partial charge in [-0.05, 0) is 48.2 Å². The molecule has 2 rings (SSSR count). The molecular formula is C19H21FN2O3. The van der Waals surface area contributed by atoms with E-state index in [1.807, 2.05) is 24.3 Å². The van der Waals surface area contributed by atoms with Crippen LogP contribution in [0, 0.1) is 5.82 Å². The van der Waals surface area contributed by atoms with E-state index in [0.29, 0.717) is 25.9 Å². The molecule has 0 bridgehead atoms. The standard InChI is InChI=1S/C19H21FN2O3/c1-25-17-4-2-3-15(13-17)10-12-22-19(24)18(23)21-11-9-14-5-7-16(20)8-6-14/h2-8,13H,9-12H2,1H3,(H,21,23)(H,22,24). The lowest BCUT2D eigenvalue weighted by Crippen LogP contribution is -2.41. The summed E-state index contributed by atoms with van der Waals surface area (Å²) in [7, 11) is 1.59. The number of nitrogens with one attached hydrogen (secondary N) is 2. The Hall–Kier alpha value is -2.89. The molecule has 0 unspecified atom stereocenters. The molecule has 2 N–H and O–H groups in total. The number of amides is 2. The molecule has 0 atom stereocenters. The normalized spacial score (nSPS) is 10.2. The van der Waals surface area contributed by atoms with Gasteiger partial charge >= 0.3 is 11.8 Å². The number of ether oxygens (including phenoxy) is 1. The largest absolute Gasteiger partial charge is 0.497 e. The van der Waals surface area contributed by atoms with E-state index >= 15 is 0 Å². The first kappa shape index (κ1) is 18.4. The van der Waals surface area contributed by atoms with E-state index in [1.165, 1.54) is 12.1 Å². The highest BCUT2D eigenvalue weighted by molar-refractivity contribution is 6.35. The number of halogens is 1. The van der Waals surface area contributed by atoms with Crippen LogP contribution >= 0.6 is 0 Å². The number of carbonyl (C=O) groups excluding carboxylic acids is 2. The Balaban J connectivity index is 1.67. The molecule has 0 aliphatic heterocycles. The summed E-state index contributed by atoms with van der Waals surface area (Å²) in [6, 6.07) is 13.6. The molecule has 0 aromatic heterocycles. The number of methoxy groups -OCH3 is 1. The second-order valence-electron chi connectivity index (χ2n) is 5.49. The van der Waals surface area contributed by atoms with Gasteiger partial charge in [-0.1, -0.05) is 24.3 Å². The maximum absolute atomic E-state index is 12.8. The van der Waals surface area contributed by atoms with Gasteiger partial charge in [-0.15, -0.1) is 0 Å². The highest BCUT2D eigenvalue weighted by atomic mass is 19.1. The lowest BCUT2D eigenvalue weighted by molar-refractivity contribution is -0.139. The molecule has 2 amide bonds. The molecule has 0 aliphatic carbocycles. The van der Waals surface area contributed by atoms with Gasteiger partial charge in [-0.2, -0.15) is 0 Å². The Labute approximate surface area is 146 Å². The van der Waals surface area contributed by atoms with Crippen LogP contribution in [0.15, 0.2) is 48.5 Å². The summed E-state index contributed by atoms with van der Waals surface area (Å²) < 4.78 is 17.9. The van der Waals surface area contributed by atoms with Gasteiger partial charge in [0.1, 0.15) is 11.6 Å². The van der Waals surface area contributed by atoms with Gasteiger partial charge in [0, 0.05) is 13.1 Å². The fourth-order valence-corrected chi connectivity index (χ4v) is 2.28. The number of hydrogen-bond donors (Lipinski definition) is 2. The minimum absolute atomic E-state index is 0.303. The van der Waals surface area contributed by atoms with Crippen LogP contribution in [0.1, 0.15) is 11.1 Å². The van der Waals surface area contributed by atoms with Crippen molar-refractivity contribution in [2.45, 2.75) is 12.8 Å². The average molecular weight is 344 g/mol. The van der Waals surface area contributed by atoms with E-state index < -0.39 is 11.8 Å². The monoisotopic (exact) mass is 344 g/mol. The van der Waals surface area contributed by atoms with Crippen LogP contribution in [-0.2, 0) is 22.4 Å². The Bertz CT molecular complexity index is 717. The smallest absolute Gasteiger partial charge is 0.309 e. The van der Waals surface area contributed by atoms with Gasteiger partial charge in [0.15, 0.2) is 0 Å². The maximum Gasteiger partial charge on any atom is 0.309 e. The minimum Gasteiger partial charge on any atom is -0.497 e. The molecule has 25 heavy (non-hydrogen) atoms. The molecule has 0 spiro atoms. The molecule has 0 fully saturated rings. The molecule has 5 nitrogen and oxygen atoms in total. The van der Waals surface area contributed by atoms with Gasteiger partial charge in [0.05, 0.1) is 7.11 Å². The van der Waals surface area contributed by atoms with Crippen molar-refractivity contribution in [1.82, 2.24) is 10.6 Å². The summed E-state index contributed by atoms with van der Waals surface area (Å²) in [5.74, 6) is -0.889. The SMILES string of the molecule is COc1cccc(CCNC(=O)C(=O)NCCc2ccc(F)cc2)c1. The first-order chi connectivity index (χ1) is 12.1. The third-order valence-electron chi connectivity index (χ3n) is 3.65. The van der Waals surface area contributed by atoms with Crippen LogP contribution < -0.4 is 15.4 Å². The topological polar surface area (TPSA) is 67.4 Å². The van der Waals surface area contributed by atoms with Gasteiger partial charge in [-0.25, -0.2) is 4.39 Å². The van der Waals surface area contributed by atoms with Gasteiger partial charge in [0.25, 0.3) is 0 Å². The predicted molar refractivity (Wildman–Crippen MR) is 92.8 cm³/mol. The van der Waals surface area contributed by atoms with E-state index in [0.717, 1.165) is 16.9 Å². The number of hydrogen-bond acceptors (Lipinski definition) is 3. The Morgan fingerprint density at radius 3 is 2.12 bits per heavy atom. The highest BCUT2D eigenvalue weighted by Crippen LogP contribution is 2.12. The van der Waals surface area contributed by atoms with Crippen molar-refractivity contribution < 1.29 is 18.7 Å². The van der Waals surface area contributed by atoms with Gasteiger partial charge in [0.2, 0.25) is 0 Å². The molecule has 132 valence electrons. The van der Waals surface area contributed by atoms with Gasteiger partial charge in [-0.3, -0.25) is 9.59 Å². The Morgan fingerprint density at radius 1 is 0.920 bits per heavy atom. The highest BCUT2D eigenvalue weighted by Gasteiger charge is 2.12. The van der Waals surface area contributed by atoms with Crippen molar-refractivity contribution in [1.29, 1.82) is 0 Å².